The molecule has 0 saturated heterocycles. The smallest absolute Gasteiger partial charge is 0.167 e. The highest BCUT2D eigenvalue weighted by Crippen LogP contribution is 2.43. The SMILES string of the molecule is COc1cc([C@@H](C)CC/C=C/CO)c(OC)c(OC)c1C. The lowest BCUT2D eigenvalue weighted by Crippen LogP contribution is -2.03. The molecule has 0 bridgehead atoms. The van der Waals surface area contributed by atoms with Crippen molar-refractivity contribution in [3.8, 4) is 17.2 Å². The molecule has 0 spiro atoms. The van der Waals surface area contributed by atoms with E-state index in [9.17, 15) is 0 Å². The number of hydrogen-bond donors (Lipinski definition) is 1. The van der Waals surface area contributed by atoms with Gasteiger partial charge in [-0.2, -0.15) is 0 Å². The first-order valence-electron chi connectivity index (χ1n) is 7.15. The highest BCUT2D eigenvalue weighted by atomic mass is 16.5. The molecular formula is C17H26O4. The Labute approximate surface area is 127 Å². The third kappa shape index (κ3) is 4.14. The van der Waals surface area contributed by atoms with Gasteiger partial charge in [-0.3, -0.25) is 0 Å². The number of benzene rings is 1. The summed E-state index contributed by atoms with van der Waals surface area (Å²) in [6.07, 6.45) is 5.62. The van der Waals surface area contributed by atoms with Crippen molar-refractivity contribution in [3.63, 3.8) is 0 Å². The van der Waals surface area contributed by atoms with Gasteiger partial charge in [0.15, 0.2) is 11.5 Å². The van der Waals surface area contributed by atoms with Crippen molar-refractivity contribution >= 4 is 0 Å². The fraction of sp³-hybridized carbons (Fsp3) is 0.529. The van der Waals surface area contributed by atoms with E-state index in [1.165, 1.54) is 0 Å². The van der Waals surface area contributed by atoms with Crippen molar-refractivity contribution < 1.29 is 19.3 Å². The van der Waals surface area contributed by atoms with E-state index >= 15 is 0 Å². The van der Waals surface area contributed by atoms with Crippen LogP contribution >= 0.6 is 0 Å². The molecule has 0 heterocycles. The number of aliphatic hydroxyl groups is 1. The van der Waals surface area contributed by atoms with Gasteiger partial charge in [0.1, 0.15) is 5.75 Å². The Kier molecular flexibility index (Phi) is 7.09. The van der Waals surface area contributed by atoms with Crippen LogP contribution in [0.2, 0.25) is 0 Å². The zero-order valence-electron chi connectivity index (χ0n) is 13.6. The topological polar surface area (TPSA) is 47.9 Å². The van der Waals surface area contributed by atoms with Gasteiger partial charge < -0.3 is 19.3 Å². The van der Waals surface area contributed by atoms with Gasteiger partial charge in [0.25, 0.3) is 0 Å². The summed E-state index contributed by atoms with van der Waals surface area (Å²) in [5.41, 5.74) is 2.02. The first-order chi connectivity index (χ1) is 10.1. The van der Waals surface area contributed by atoms with Gasteiger partial charge in [0, 0.05) is 11.1 Å². The largest absolute Gasteiger partial charge is 0.496 e. The second kappa shape index (κ2) is 8.57. The van der Waals surface area contributed by atoms with Gasteiger partial charge in [-0.05, 0) is 31.7 Å². The van der Waals surface area contributed by atoms with E-state index in [4.69, 9.17) is 19.3 Å². The van der Waals surface area contributed by atoms with E-state index in [-0.39, 0.29) is 6.61 Å². The average molecular weight is 294 g/mol. The number of allylic oxidation sites excluding steroid dienone is 1. The second-order valence-electron chi connectivity index (χ2n) is 4.99. The van der Waals surface area contributed by atoms with Crippen molar-refractivity contribution in [1.82, 2.24) is 0 Å². The number of hydrogen-bond acceptors (Lipinski definition) is 4. The summed E-state index contributed by atoms with van der Waals surface area (Å²) in [6, 6.07) is 2.02. The minimum atomic E-state index is 0.0872. The molecule has 1 aromatic carbocycles. The van der Waals surface area contributed by atoms with Crippen molar-refractivity contribution in [2.45, 2.75) is 32.6 Å². The Morgan fingerprint density at radius 3 is 2.29 bits per heavy atom. The molecule has 0 aliphatic rings. The van der Waals surface area contributed by atoms with Crippen molar-refractivity contribution in [2.24, 2.45) is 0 Å². The normalized spacial score (nSPS) is 12.5. The molecule has 0 amide bonds. The first kappa shape index (κ1) is 17.4. The molecule has 1 aromatic rings. The van der Waals surface area contributed by atoms with E-state index in [0.29, 0.717) is 5.92 Å². The molecule has 0 fully saturated rings. The lowest BCUT2D eigenvalue weighted by atomic mass is 9.93. The maximum absolute atomic E-state index is 8.76. The molecule has 118 valence electrons. The van der Waals surface area contributed by atoms with Crippen molar-refractivity contribution in [2.75, 3.05) is 27.9 Å². The molecule has 0 aromatic heterocycles. The zero-order chi connectivity index (χ0) is 15.8. The minimum absolute atomic E-state index is 0.0872. The van der Waals surface area contributed by atoms with Gasteiger partial charge in [-0.15, -0.1) is 0 Å². The minimum Gasteiger partial charge on any atom is -0.496 e. The average Bonchev–Trinajstić information content (AvgIpc) is 2.50. The quantitative estimate of drug-likeness (QED) is 0.746. The van der Waals surface area contributed by atoms with Crippen LogP contribution in [-0.4, -0.2) is 33.0 Å². The predicted molar refractivity (Wildman–Crippen MR) is 84.7 cm³/mol. The van der Waals surface area contributed by atoms with Crippen LogP contribution in [0.4, 0.5) is 0 Å². The number of ether oxygens (including phenoxy) is 3. The summed E-state index contributed by atoms with van der Waals surface area (Å²) in [7, 11) is 4.96. The number of rotatable bonds is 8. The lowest BCUT2D eigenvalue weighted by molar-refractivity contribution is 0.339. The second-order valence-corrected chi connectivity index (χ2v) is 4.99. The molecule has 0 aliphatic heterocycles. The van der Waals surface area contributed by atoms with Gasteiger partial charge in [0.2, 0.25) is 0 Å². The molecular weight excluding hydrogens is 268 g/mol. The van der Waals surface area contributed by atoms with E-state index in [0.717, 1.165) is 41.2 Å². The van der Waals surface area contributed by atoms with Gasteiger partial charge in [-0.25, -0.2) is 0 Å². The highest BCUT2D eigenvalue weighted by molar-refractivity contribution is 5.58. The summed E-state index contributed by atoms with van der Waals surface area (Å²) in [4.78, 5) is 0. The monoisotopic (exact) mass is 294 g/mol. The highest BCUT2D eigenvalue weighted by Gasteiger charge is 2.20. The van der Waals surface area contributed by atoms with Gasteiger partial charge >= 0.3 is 0 Å². The molecule has 0 radical (unpaired) electrons. The Morgan fingerprint density at radius 2 is 1.76 bits per heavy atom. The predicted octanol–water partition coefficient (Wildman–Crippen LogP) is 3.45. The van der Waals surface area contributed by atoms with Crippen molar-refractivity contribution in [3.05, 3.63) is 29.3 Å². The summed E-state index contributed by atoms with van der Waals surface area (Å²) >= 11 is 0. The number of methoxy groups -OCH3 is 3. The molecule has 1 atom stereocenters. The molecule has 1 N–H and O–H groups in total. The van der Waals surface area contributed by atoms with E-state index in [1.807, 2.05) is 19.1 Å². The van der Waals surface area contributed by atoms with E-state index in [1.54, 1.807) is 27.4 Å². The molecule has 4 heteroatoms. The Hall–Kier alpha value is -1.68. The van der Waals surface area contributed by atoms with E-state index in [2.05, 4.69) is 6.92 Å². The molecule has 21 heavy (non-hydrogen) atoms. The molecule has 0 aliphatic carbocycles. The van der Waals surface area contributed by atoms with Crippen LogP contribution in [0, 0.1) is 6.92 Å². The molecule has 1 rings (SSSR count). The van der Waals surface area contributed by atoms with Crippen LogP contribution in [0.25, 0.3) is 0 Å². The number of aliphatic hydroxyl groups excluding tert-OH is 1. The van der Waals surface area contributed by atoms with E-state index < -0.39 is 0 Å². The Bertz CT molecular complexity index is 480. The Balaban J connectivity index is 3.11. The summed E-state index contributed by atoms with van der Waals surface area (Å²) in [6.45, 7) is 4.20. The zero-order valence-corrected chi connectivity index (χ0v) is 13.6. The molecule has 0 saturated carbocycles. The first-order valence-corrected chi connectivity index (χ1v) is 7.15. The summed E-state index contributed by atoms with van der Waals surface area (Å²) in [5.74, 6) is 2.60. The lowest BCUT2D eigenvalue weighted by Gasteiger charge is -2.21. The summed E-state index contributed by atoms with van der Waals surface area (Å²) in [5, 5.41) is 8.76. The van der Waals surface area contributed by atoms with Crippen LogP contribution in [-0.2, 0) is 0 Å². The van der Waals surface area contributed by atoms with Crippen LogP contribution < -0.4 is 14.2 Å². The maximum atomic E-state index is 8.76. The standard InChI is InChI=1S/C17H26O4/c1-12(9-7-6-8-10-18)14-11-15(19-3)13(2)16(20-4)17(14)21-5/h6,8,11-12,18H,7,9-10H2,1-5H3/b8-6+/t12-/m0/s1. The van der Waals surface area contributed by atoms with Crippen LogP contribution in [0.15, 0.2) is 18.2 Å². The van der Waals surface area contributed by atoms with Crippen molar-refractivity contribution in [1.29, 1.82) is 0 Å². The van der Waals surface area contributed by atoms with Gasteiger partial charge in [0.05, 0.1) is 27.9 Å². The third-order valence-corrected chi connectivity index (χ3v) is 3.66. The van der Waals surface area contributed by atoms with Crippen LogP contribution in [0.5, 0.6) is 17.2 Å². The fourth-order valence-corrected chi connectivity index (χ4v) is 2.46. The maximum Gasteiger partial charge on any atom is 0.167 e. The van der Waals surface area contributed by atoms with Crippen LogP contribution in [0.1, 0.15) is 36.8 Å². The third-order valence-electron chi connectivity index (χ3n) is 3.66. The fourth-order valence-electron chi connectivity index (χ4n) is 2.46. The Morgan fingerprint density at radius 1 is 1.10 bits per heavy atom. The molecule has 4 nitrogen and oxygen atoms in total. The van der Waals surface area contributed by atoms with Crippen LogP contribution in [0.3, 0.4) is 0 Å². The summed E-state index contributed by atoms with van der Waals surface area (Å²) < 4.78 is 16.5. The molecule has 0 unspecified atom stereocenters. The van der Waals surface area contributed by atoms with Gasteiger partial charge in [-0.1, -0.05) is 19.1 Å².